The number of hydrogen-bond donors (Lipinski definition) is 1. The van der Waals surface area contributed by atoms with Gasteiger partial charge in [0.05, 0.1) is 18.8 Å². The summed E-state index contributed by atoms with van der Waals surface area (Å²) >= 11 is 5.53. The highest BCUT2D eigenvalue weighted by atomic mass is 35.5. The molecule has 0 aromatic carbocycles. The van der Waals surface area contributed by atoms with Crippen LogP contribution < -0.4 is 5.32 Å². The molecule has 0 unspecified atom stereocenters. The molecule has 1 N–H and O–H groups in total. The van der Waals surface area contributed by atoms with Crippen LogP contribution in [0.1, 0.15) is 10.4 Å². The Morgan fingerprint density at radius 3 is 3.00 bits per heavy atom. The van der Waals surface area contributed by atoms with Gasteiger partial charge in [-0.3, -0.25) is 9.69 Å². The number of carbonyl (C=O) groups excluding carboxylic acids is 1. The minimum atomic E-state index is -0.784. The van der Waals surface area contributed by atoms with E-state index in [1.54, 1.807) is 0 Å². The molecule has 19 heavy (non-hydrogen) atoms. The molecule has 0 saturated carbocycles. The Morgan fingerprint density at radius 1 is 1.53 bits per heavy atom. The Bertz CT molecular complexity index is 453. The number of nitrogens with zero attached hydrogens (tertiary/aromatic N) is 2. The van der Waals surface area contributed by atoms with E-state index < -0.39 is 11.7 Å². The van der Waals surface area contributed by atoms with Crippen molar-refractivity contribution >= 4 is 17.5 Å². The van der Waals surface area contributed by atoms with Crippen molar-refractivity contribution < 1.29 is 13.9 Å². The number of morpholine rings is 1. The summed E-state index contributed by atoms with van der Waals surface area (Å²) in [4.78, 5) is 17.5. The Labute approximate surface area is 115 Å². The zero-order valence-electron chi connectivity index (χ0n) is 10.4. The predicted octanol–water partition coefficient (Wildman–Crippen LogP) is 0.936. The average Bonchev–Trinajstić information content (AvgIpc) is 2.43. The SMILES string of the molecule is O=C(NCCN1CCOCC1)c1ccnc(Cl)c1F. The summed E-state index contributed by atoms with van der Waals surface area (Å²) in [5.74, 6) is -1.26. The van der Waals surface area contributed by atoms with Crippen molar-refractivity contribution in [1.29, 1.82) is 0 Å². The first-order valence-electron chi connectivity index (χ1n) is 6.07. The van der Waals surface area contributed by atoms with Gasteiger partial charge >= 0.3 is 0 Å². The second-order valence-corrected chi connectivity index (χ2v) is 4.53. The normalized spacial score (nSPS) is 16.3. The summed E-state index contributed by atoms with van der Waals surface area (Å²) < 4.78 is 18.8. The van der Waals surface area contributed by atoms with Gasteiger partial charge in [-0.1, -0.05) is 11.6 Å². The maximum Gasteiger partial charge on any atom is 0.254 e. The minimum Gasteiger partial charge on any atom is -0.379 e. The van der Waals surface area contributed by atoms with E-state index in [0.29, 0.717) is 19.8 Å². The van der Waals surface area contributed by atoms with Crippen molar-refractivity contribution in [3.63, 3.8) is 0 Å². The lowest BCUT2D eigenvalue weighted by Gasteiger charge is -2.26. The molecule has 1 fully saturated rings. The summed E-state index contributed by atoms with van der Waals surface area (Å²) in [6.07, 6.45) is 1.31. The van der Waals surface area contributed by atoms with Crippen LogP contribution in [0.2, 0.25) is 5.15 Å². The van der Waals surface area contributed by atoms with Gasteiger partial charge < -0.3 is 10.1 Å². The van der Waals surface area contributed by atoms with Crippen molar-refractivity contribution in [2.24, 2.45) is 0 Å². The van der Waals surface area contributed by atoms with Gasteiger partial charge in [-0.25, -0.2) is 9.37 Å². The lowest BCUT2D eigenvalue weighted by atomic mass is 10.2. The molecule has 0 radical (unpaired) electrons. The first-order valence-corrected chi connectivity index (χ1v) is 6.44. The molecule has 1 aromatic heterocycles. The highest BCUT2D eigenvalue weighted by Gasteiger charge is 2.15. The largest absolute Gasteiger partial charge is 0.379 e. The van der Waals surface area contributed by atoms with Crippen LogP contribution in [0.5, 0.6) is 0 Å². The van der Waals surface area contributed by atoms with Crippen LogP contribution in [0.4, 0.5) is 4.39 Å². The molecule has 0 atom stereocenters. The Balaban J connectivity index is 1.82. The molecular weight excluding hydrogens is 273 g/mol. The summed E-state index contributed by atoms with van der Waals surface area (Å²) in [5, 5.41) is 2.38. The van der Waals surface area contributed by atoms with Crippen molar-refractivity contribution in [3.8, 4) is 0 Å². The monoisotopic (exact) mass is 287 g/mol. The van der Waals surface area contributed by atoms with Gasteiger partial charge in [0.2, 0.25) is 0 Å². The van der Waals surface area contributed by atoms with Crippen LogP contribution >= 0.6 is 11.6 Å². The number of carbonyl (C=O) groups is 1. The molecule has 0 bridgehead atoms. The van der Waals surface area contributed by atoms with Crippen molar-refractivity contribution in [2.75, 3.05) is 39.4 Å². The quantitative estimate of drug-likeness (QED) is 0.838. The van der Waals surface area contributed by atoms with Gasteiger partial charge in [-0.15, -0.1) is 0 Å². The molecule has 2 rings (SSSR count). The highest BCUT2D eigenvalue weighted by molar-refractivity contribution is 6.29. The average molecular weight is 288 g/mol. The standard InChI is InChI=1S/C12H15ClFN3O2/c13-11-10(14)9(1-2-15-11)12(18)16-3-4-17-5-7-19-8-6-17/h1-2H,3-8H2,(H,16,18). The van der Waals surface area contributed by atoms with Gasteiger partial charge in [0, 0.05) is 32.4 Å². The van der Waals surface area contributed by atoms with Gasteiger partial charge in [0.15, 0.2) is 11.0 Å². The molecule has 104 valence electrons. The molecule has 7 heteroatoms. The van der Waals surface area contributed by atoms with Crippen LogP contribution in [0.3, 0.4) is 0 Å². The molecule has 1 saturated heterocycles. The smallest absolute Gasteiger partial charge is 0.254 e. The van der Waals surface area contributed by atoms with Gasteiger partial charge in [-0.05, 0) is 6.07 Å². The number of aromatic nitrogens is 1. The van der Waals surface area contributed by atoms with Crippen LogP contribution in [0, 0.1) is 5.82 Å². The first-order chi connectivity index (χ1) is 9.18. The second kappa shape index (κ2) is 6.79. The Morgan fingerprint density at radius 2 is 2.26 bits per heavy atom. The Hall–Kier alpha value is -1.24. The maximum atomic E-state index is 13.6. The van der Waals surface area contributed by atoms with Crippen molar-refractivity contribution in [2.45, 2.75) is 0 Å². The van der Waals surface area contributed by atoms with E-state index in [1.165, 1.54) is 12.3 Å². The van der Waals surface area contributed by atoms with Crippen molar-refractivity contribution in [3.05, 3.63) is 28.8 Å². The molecule has 5 nitrogen and oxygen atoms in total. The third kappa shape index (κ3) is 3.86. The van der Waals surface area contributed by atoms with Crippen LogP contribution in [-0.4, -0.2) is 55.2 Å². The molecule has 1 aliphatic heterocycles. The van der Waals surface area contributed by atoms with E-state index in [9.17, 15) is 9.18 Å². The number of halogens is 2. The third-order valence-electron chi connectivity index (χ3n) is 2.91. The lowest BCUT2D eigenvalue weighted by molar-refractivity contribution is 0.0383. The Kier molecular flexibility index (Phi) is 5.07. The van der Waals surface area contributed by atoms with Gasteiger partial charge in [0.1, 0.15) is 0 Å². The lowest BCUT2D eigenvalue weighted by Crippen LogP contribution is -2.41. The minimum absolute atomic E-state index is 0.0815. The number of ether oxygens (including phenoxy) is 1. The number of rotatable bonds is 4. The predicted molar refractivity (Wildman–Crippen MR) is 68.8 cm³/mol. The summed E-state index contributed by atoms with van der Waals surface area (Å²) in [5.41, 5.74) is -0.0815. The molecule has 1 aromatic rings. The van der Waals surface area contributed by atoms with E-state index in [0.717, 1.165) is 19.6 Å². The summed E-state index contributed by atoms with van der Waals surface area (Å²) in [6.45, 7) is 4.30. The fourth-order valence-electron chi connectivity index (χ4n) is 1.84. The van der Waals surface area contributed by atoms with Crippen molar-refractivity contribution in [1.82, 2.24) is 15.2 Å². The molecular formula is C12H15ClFN3O2. The summed E-state index contributed by atoms with van der Waals surface area (Å²) in [7, 11) is 0. The third-order valence-corrected chi connectivity index (χ3v) is 3.17. The van der Waals surface area contributed by atoms with E-state index >= 15 is 0 Å². The van der Waals surface area contributed by atoms with Gasteiger partial charge in [0.25, 0.3) is 5.91 Å². The number of nitrogens with one attached hydrogen (secondary N) is 1. The van der Waals surface area contributed by atoms with E-state index in [-0.39, 0.29) is 10.7 Å². The van der Waals surface area contributed by atoms with E-state index in [4.69, 9.17) is 16.3 Å². The molecule has 1 amide bonds. The van der Waals surface area contributed by atoms with Crippen LogP contribution in [0.25, 0.3) is 0 Å². The molecule has 0 spiro atoms. The highest BCUT2D eigenvalue weighted by Crippen LogP contribution is 2.14. The van der Waals surface area contributed by atoms with Crippen LogP contribution in [-0.2, 0) is 4.74 Å². The van der Waals surface area contributed by atoms with E-state index in [2.05, 4.69) is 15.2 Å². The summed E-state index contributed by atoms with van der Waals surface area (Å²) in [6, 6.07) is 1.31. The molecule has 1 aliphatic rings. The topological polar surface area (TPSA) is 54.5 Å². The first kappa shape index (κ1) is 14.2. The van der Waals surface area contributed by atoms with E-state index in [1.807, 2.05) is 0 Å². The molecule has 2 heterocycles. The zero-order chi connectivity index (χ0) is 13.7. The zero-order valence-corrected chi connectivity index (χ0v) is 11.1. The number of pyridine rings is 1. The fraction of sp³-hybridized carbons (Fsp3) is 0.500. The number of hydrogen-bond acceptors (Lipinski definition) is 4. The fourth-order valence-corrected chi connectivity index (χ4v) is 2.00. The number of amides is 1. The molecule has 0 aliphatic carbocycles. The maximum absolute atomic E-state index is 13.6. The van der Waals surface area contributed by atoms with Gasteiger partial charge in [-0.2, -0.15) is 0 Å². The van der Waals surface area contributed by atoms with Crippen LogP contribution in [0.15, 0.2) is 12.3 Å². The second-order valence-electron chi connectivity index (χ2n) is 4.17.